The van der Waals surface area contributed by atoms with Crippen molar-refractivity contribution in [1.29, 1.82) is 0 Å². The van der Waals surface area contributed by atoms with Crippen LogP contribution in [0.25, 0.3) is 0 Å². The van der Waals surface area contributed by atoms with Gasteiger partial charge in [-0.3, -0.25) is 4.79 Å². The highest BCUT2D eigenvalue weighted by atomic mass is 32.2. The minimum absolute atomic E-state index is 0.00667. The highest BCUT2D eigenvalue weighted by molar-refractivity contribution is 7.89. The van der Waals surface area contributed by atoms with Gasteiger partial charge in [0.2, 0.25) is 10.0 Å². The second kappa shape index (κ2) is 6.88. The van der Waals surface area contributed by atoms with Crippen LogP contribution >= 0.6 is 0 Å². The van der Waals surface area contributed by atoms with Crippen LogP contribution in [0.15, 0.2) is 23.1 Å². The first-order chi connectivity index (χ1) is 10.8. The third-order valence-electron chi connectivity index (χ3n) is 4.21. The van der Waals surface area contributed by atoms with E-state index < -0.39 is 21.9 Å². The van der Waals surface area contributed by atoms with Gasteiger partial charge in [-0.15, -0.1) is 0 Å². The number of benzene rings is 1. The van der Waals surface area contributed by atoms with Crippen LogP contribution in [0.3, 0.4) is 0 Å². The van der Waals surface area contributed by atoms with Crippen molar-refractivity contribution >= 4 is 16.0 Å². The van der Waals surface area contributed by atoms with Crippen LogP contribution in [-0.2, 0) is 14.8 Å². The van der Waals surface area contributed by atoms with E-state index in [-0.39, 0.29) is 23.1 Å². The number of nitrogens with zero attached hydrogens (tertiary/aromatic N) is 1. The molecule has 0 spiro atoms. The Bertz CT molecular complexity index is 684. The zero-order valence-corrected chi connectivity index (χ0v) is 14.5. The van der Waals surface area contributed by atoms with E-state index in [1.807, 2.05) is 19.9 Å². The molecule has 1 heterocycles. The molecule has 1 atom stereocenters. The lowest BCUT2D eigenvalue weighted by Gasteiger charge is -2.30. The molecule has 1 fully saturated rings. The molecule has 1 aliphatic rings. The molecular formula is C16H23NO5S. The molecule has 1 aromatic carbocycles. The van der Waals surface area contributed by atoms with E-state index in [0.29, 0.717) is 19.4 Å². The molecule has 1 saturated heterocycles. The summed E-state index contributed by atoms with van der Waals surface area (Å²) in [6.45, 7) is 4.31. The van der Waals surface area contributed by atoms with E-state index in [0.717, 1.165) is 5.56 Å². The number of sulfonamides is 1. The van der Waals surface area contributed by atoms with Gasteiger partial charge in [0.25, 0.3) is 0 Å². The zero-order chi connectivity index (χ0) is 17.2. The Morgan fingerprint density at radius 1 is 1.39 bits per heavy atom. The van der Waals surface area contributed by atoms with Crippen molar-refractivity contribution in [3.05, 3.63) is 23.8 Å². The first-order valence-electron chi connectivity index (χ1n) is 7.68. The number of ether oxygens (including phenoxy) is 1. The fraction of sp³-hybridized carbons (Fsp3) is 0.562. The summed E-state index contributed by atoms with van der Waals surface area (Å²) in [5.74, 6) is -1.14. The Morgan fingerprint density at radius 3 is 2.65 bits per heavy atom. The van der Waals surface area contributed by atoms with Crippen LogP contribution in [0.5, 0.6) is 5.75 Å². The molecule has 1 aromatic rings. The molecule has 0 saturated carbocycles. The number of carbonyl (C=O) groups is 1. The zero-order valence-electron chi connectivity index (χ0n) is 13.7. The summed E-state index contributed by atoms with van der Waals surface area (Å²) in [6.07, 6.45) is 1.05. The van der Waals surface area contributed by atoms with Crippen LogP contribution in [0.4, 0.5) is 0 Å². The quantitative estimate of drug-likeness (QED) is 0.888. The SMILES string of the molecule is COc1ccc(C(C)C)cc1S(=O)(=O)N1CCC[C@@H](C(=O)O)C1. The third kappa shape index (κ3) is 3.67. The molecule has 1 aliphatic heterocycles. The Kier molecular flexibility index (Phi) is 5.31. The van der Waals surface area contributed by atoms with Gasteiger partial charge in [-0.1, -0.05) is 19.9 Å². The molecule has 0 amide bonds. The topological polar surface area (TPSA) is 83.9 Å². The fourth-order valence-electron chi connectivity index (χ4n) is 2.76. The van der Waals surface area contributed by atoms with Crippen molar-refractivity contribution in [2.75, 3.05) is 20.2 Å². The summed E-state index contributed by atoms with van der Waals surface area (Å²) >= 11 is 0. The van der Waals surface area contributed by atoms with Gasteiger partial charge in [0, 0.05) is 13.1 Å². The lowest BCUT2D eigenvalue weighted by Crippen LogP contribution is -2.42. The standard InChI is InChI=1S/C16H23NO5S/c1-11(2)12-6-7-14(22-3)15(9-12)23(20,21)17-8-4-5-13(10-17)16(18)19/h6-7,9,11,13H,4-5,8,10H2,1-3H3,(H,18,19)/t13-/m1/s1. The van der Waals surface area contributed by atoms with E-state index in [2.05, 4.69) is 0 Å². The molecule has 7 heteroatoms. The number of hydrogen-bond donors (Lipinski definition) is 1. The molecule has 0 radical (unpaired) electrons. The molecule has 23 heavy (non-hydrogen) atoms. The molecule has 2 rings (SSSR count). The normalized spacial score (nSPS) is 19.7. The van der Waals surface area contributed by atoms with Gasteiger partial charge >= 0.3 is 5.97 Å². The van der Waals surface area contributed by atoms with E-state index in [4.69, 9.17) is 9.84 Å². The fourth-order valence-corrected chi connectivity index (χ4v) is 4.47. The maximum Gasteiger partial charge on any atom is 0.307 e. The van der Waals surface area contributed by atoms with Gasteiger partial charge in [0.1, 0.15) is 10.6 Å². The van der Waals surface area contributed by atoms with Crippen molar-refractivity contribution in [3.8, 4) is 5.75 Å². The van der Waals surface area contributed by atoms with Gasteiger partial charge in [-0.25, -0.2) is 8.42 Å². The maximum atomic E-state index is 13.0. The van der Waals surface area contributed by atoms with Gasteiger partial charge in [-0.05, 0) is 36.5 Å². The van der Waals surface area contributed by atoms with E-state index in [1.165, 1.54) is 11.4 Å². The van der Waals surface area contributed by atoms with Crippen molar-refractivity contribution in [3.63, 3.8) is 0 Å². The van der Waals surface area contributed by atoms with Crippen LogP contribution in [0, 0.1) is 5.92 Å². The highest BCUT2D eigenvalue weighted by Gasteiger charge is 2.35. The summed E-state index contributed by atoms with van der Waals surface area (Å²) in [5.41, 5.74) is 0.899. The second-order valence-corrected chi connectivity index (χ2v) is 8.01. The number of piperidine rings is 1. The number of hydrogen-bond acceptors (Lipinski definition) is 4. The highest BCUT2D eigenvalue weighted by Crippen LogP contribution is 2.32. The first kappa shape index (κ1) is 17.7. The van der Waals surface area contributed by atoms with E-state index in [9.17, 15) is 13.2 Å². The average Bonchev–Trinajstić information content (AvgIpc) is 2.54. The van der Waals surface area contributed by atoms with Gasteiger partial charge in [0.05, 0.1) is 13.0 Å². The van der Waals surface area contributed by atoms with Crippen LogP contribution in [0.2, 0.25) is 0 Å². The van der Waals surface area contributed by atoms with Crippen molar-refractivity contribution in [2.45, 2.75) is 37.5 Å². The molecule has 0 unspecified atom stereocenters. The van der Waals surface area contributed by atoms with Crippen molar-refractivity contribution < 1.29 is 23.1 Å². The molecule has 1 N–H and O–H groups in total. The smallest absolute Gasteiger partial charge is 0.307 e. The summed E-state index contributed by atoms with van der Waals surface area (Å²) in [7, 11) is -2.35. The molecule has 0 bridgehead atoms. The summed E-state index contributed by atoms with van der Waals surface area (Å²) in [4.78, 5) is 11.3. The number of rotatable bonds is 5. The summed E-state index contributed by atoms with van der Waals surface area (Å²) in [5, 5.41) is 9.16. The van der Waals surface area contributed by atoms with Crippen LogP contribution < -0.4 is 4.74 Å². The van der Waals surface area contributed by atoms with E-state index >= 15 is 0 Å². The maximum absolute atomic E-state index is 13.0. The molecular weight excluding hydrogens is 318 g/mol. The largest absolute Gasteiger partial charge is 0.495 e. The Hall–Kier alpha value is -1.60. The molecule has 0 aromatic heterocycles. The summed E-state index contributed by atoms with van der Waals surface area (Å²) < 4.78 is 32.4. The molecule has 6 nitrogen and oxygen atoms in total. The minimum atomic E-state index is -3.78. The second-order valence-electron chi connectivity index (χ2n) is 6.11. The van der Waals surface area contributed by atoms with Crippen molar-refractivity contribution in [1.82, 2.24) is 4.31 Å². The lowest BCUT2D eigenvalue weighted by atomic mass is 10.0. The monoisotopic (exact) mass is 341 g/mol. The van der Waals surface area contributed by atoms with Crippen LogP contribution in [0.1, 0.15) is 38.2 Å². The minimum Gasteiger partial charge on any atom is -0.495 e. The number of methoxy groups -OCH3 is 1. The average molecular weight is 341 g/mol. The number of aliphatic carboxylic acids is 1. The molecule has 128 valence electrons. The Morgan fingerprint density at radius 2 is 2.09 bits per heavy atom. The first-order valence-corrected chi connectivity index (χ1v) is 9.12. The van der Waals surface area contributed by atoms with Gasteiger partial charge < -0.3 is 9.84 Å². The number of carboxylic acids is 1. The Balaban J connectivity index is 2.42. The predicted octanol–water partition coefficient (Wildman–Crippen LogP) is 2.30. The van der Waals surface area contributed by atoms with Gasteiger partial charge in [-0.2, -0.15) is 4.31 Å². The lowest BCUT2D eigenvalue weighted by molar-refractivity contribution is -0.142. The number of carboxylic acid groups (broad SMARTS) is 1. The Labute approximate surface area is 137 Å². The van der Waals surface area contributed by atoms with E-state index in [1.54, 1.807) is 12.1 Å². The van der Waals surface area contributed by atoms with Crippen molar-refractivity contribution in [2.24, 2.45) is 5.92 Å². The molecule has 0 aliphatic carbocycles. The third-order valence-corrected chi connectivity index (χ3v) is 6.09. The van der Waals surface area contributed by atoms with Crippen LogP contribution in [-0.4, -0.2) is 44.0 Å². The van der Waals surface area contributed by atoms with Gasteiger partial charge in [0.15, 0.2) is 0 Å². The predicted molar refractivity (Wildman–Crippen MR) is 86.2 cm³/mol. The summed E-state index contributed by atoms with van der Waals surface area (Å²) in [6, 6.07) is 5.13.